The Kier molecular flexibility index (Phi) is 3.72. The number of benzene rings is 1. The maximum Gasteiger partial charge on any atom is 0.411 e. The molecule has 1 aromatic rings. The van der Waals surface area contributed by atoms with Gasteiger partial charge in [0, 0.05) is 12.2 Å². The van der Waals surface area contributed by atoms with E-state index in [1.165, 1.54) is 4.90 Å². The fourth-order valence-electron chi connectivity index (χ4n) is 1.67. The lowest BCUT2D eigenvalue weighted by molar-refractivity contribution is 0.202. The molecule has 1 rings (SSSR count). The largest absolute Gasteiger partial charge is 0.465 e. The van der Waals surface area contributed by atoms with Crippen molar-refractivity contribution in [3.63, 3.8) is 0 Å². The molecule has 0 saturated carbocycles. The van der Waals surface area contributed by atoms with Crippen LogP contribution in [-0.2, 0) is 0 Å². The number of carbonyl (C=O) groups is 1. The Morgan fingerprint density at radius 3 is 2.20 bits per heavy atom. The molecule has 1 aromatic carbocycles. The first-order valence-electron chi connectivity index (χ1n) is 5.13. The van der Waals surface area contributed by atoms with Crippen molar-refractivity contribution in [1.29, 1.82) is 0 Å². The fraction of sp³-hybridized carbons (Fsp3) is 0.417. The molecule has 0 unspecified atom stereocenters. The first kappa shape index (κ1) is 11.6. The predicted molar refractivity (Wildman–Crippen MR) is 61.6 cm³/mol. The molecule has 0 spiro atoms. The summed E-state index contributed by atoms with van der Waals surface area (Å²) >= 11 is 0. The van der Waals surface area contributed by atoms with Crippen LogP contribution in [0.3, 0.4) is 0 Å². The zero-order valence-corrected chi connectivity index (χ0v) is 9.45. The summed E-state index contributed by atoms with van der Waals surface area (Å²) in [7, 11) is 0. The first-order chi connectivity index (χ1) is 7.04. The Bertz CT molecular complexity index is 340. The first-order valence-corrected chi connectivity index (χ1v) is 5.13. The Balaban J connectivity index is 3.05. The molecule has 0 aliphatic carbocycles. The van der Waals surface area contributed by atoms with Crippen LogP contribution in [0, 0.1) is 13.8 Å². The predicted octanol–water partition coefficient (Wildman–Crippen LogP) is 3.20. The van der Waals surface area contributed by atoms with Crippen LogP contribution in [0.25, 0.3) is 0 Å². The molecule has 3 heteroatoms. The van der Waals surface area contributed by atoms with Crippen LogP contribution < -0.4 is 4.90 Å². The summed E-state index contributed by atoms with van der Waals surface area (Å²) in [5.41, 5.74) is 2.95. The minimum Gasteiger partial charge on any atom is -0.465 e. The van der Waals surface area contributed by atoms with Crippen LogP contribution in [0.2, 0.25) is 0 Å². The highest BCUT2D eigenvalue weighted by atomic mass is 16.4. The third kappa shape index (κ3) is 2.98. The molecule has 0 fully saturated rings. The fourth-order valence-corrected chi connectivity index (χ4v) is 1.67. The van der Waals surface area contributed by atoms with E-state index in [2.05, 4.69) is 0 Å². The topological polar surface area (TPSA) is 40.5 Å². The summed E-state index contributed by atoms with van der Waals surface area (Å²) < 4.78 is 0. The average molecular weight is 207 g/mol. The van der Waals surface area contributed by atoms with Gasteiger partial charge < -0.3 is 5.11 Å². The van der Waals surface area contributed by atoms with Gasteiger partial charge in [-0.1, -0.05) is 13.0 Å². The van der Waals surface area contributed by atoms with Gasteiger partial charge in [-0.05, 0) is 43.5 Å². The molecular weight excluding hydrogens is 190 g/mol. The van der Waals surface area contributed by atoms with Crippen molar-refractivity contribution in [2.45, 2.75) is 27.2 Å². The molecule has 15 heavy (non-hydrogen) atoms. The van der Waals surface area contributed by atoms with Crippen LogP contribution in [0.1, 0.15) is 24.5 Å². The van der Waals surface area contributed by atoms with Gasteiger partial charge in [0.05, 0.1) is 0 Å². The number of nitrogens with zero attached hydrogens (tertiary/aromatic N) is 1. The monoisotopic (exact) mass is 207 g/mol. The second-order valence-corrected chi connectivity index (χ2v) is 3.78. The summed E-state index contributed by atoms with van der Waals surface area (Å²) in [5.74, 6) is 0. The Labute approximate surface area is 90.3 Å². The molecule has 0 atom stereocenters. The van der Waals surface area contributed by atoms with Crippen molar-refractivity contribution in [3.05, 3.63) is 29.3 Å². The van der Waals surface area contributed by atoms with Crippen molar-refractivity contribution >= 4 is 11.8 Å². The lowest BCUT2D eigenvalue weighted by Gasteiger charge is -2.19. The normalized spacial score (nSPS) is 10.1. The molecule has 0 heterocycles. The summed E-state index contributed by atoms with van der Waals surface area (Å²) in [6.07, 6.45) is -0.0684. The highest BCUT2D eigenvalue weighted by Gasteiger charge is 2.13. The maximum absolute atomic E-state index is 11.0. The number of hydrogen-bond acceptors (Lipinski definition) is 1. The van der Waals surface area contributed by atoms with Gasteiger partial charge in [-0.3, -0.25) is 4.90 Å². The van der Waals surface area contributed by atoms with E-state index in [9.17, 15) is 4.79 Å². The van der Waals surface area contributed by atoms with E-state index in [1.807, 2.05) is 39.0 Å². The van der Waals surface area contributed by atoms with Crippen molar-refractivity contribution in [1.82, 2.24) is 0 Å². The summed E-state index contributed by atoms with van der Waals surface area (Å²) in [6.45, 7) is 6.46. The van der Waals surface area contributed by atoms with Crippen molar-refractivity contribution in [3.8, 4) is 0 Å². The lowest BCUT2D eigenvalue weighted by atomic mass is 10.1. The van der Waals surface area contributed by atoms with E-state index in [0.717, 1.165) is 23.2 Å². The molecule has 3 nitrogen and oxygen atoms in total. The molecule has 0 aromatic heterocycles. The third-order valence-electron chi connectivity index (χ3n) is 2.20. The van der Waals surface area contributed by atoms with Gasteiger partial charge in [-0.2, -0.15) is 0 Å². The van der Waals surface area contributed by atoms with E-state index < -0.39 is 6.09 Å². The molecule has 1 amide bonds. The maximum atomic E-state index is 11.0. The number of aryl methyl sites for hydroxylation is 2. The van der Waals surface area contributed by atoms with E-state index >= 15 is 0 Å². The van der Waals surface area contributed by atoms with Gasteiger partial charge in [0.15, 0.2) is 0 Å². The van der Waals surface area contributed by atoms with Gasteiger partial charge >= 0.3 is 6.09 Å². The van der Waals surface area contributed by atoms with Gasteiger partial charge in [-0.15, -0.1) is 0 Å². The Hall–Kier alpha value is -1.51. The van der Waals surface area contributed by atoms with Crippen molar-refractivity contribution < 1.29 is 9.90 Å². The zero-order chi connectivity index (χ0) is 11.4. The highest BCUT2D eigenvalue weighted by molar-refractivity contribution is 5.86. The number of carboxylic acid groups (broad SMARTS) is 1. The van der Waals surface area contributed by atoms with Crippen LogP contribution in [0.15, 0.2) is 18.2 Å². The van der Waals surface area contributed by atoms with E-state index in [1.54, 1.807) is 0 Å². The number of hydrogen-bond donors (Lipinski definition) is 1. The number of anilines is 1. The third-order valence-corrected chi connectivity index (χ3v) is 2.20. The molecule has 0 aliphatic rings. The van der Waals surface area contributed by atoms with Gasteiger partial charge in [0.25, 0.3) is 0 Å². The minimum atomic E-state index is -0.887. The van der Waals surface area contributed by atoms with Crippen LogP contribution in [-0.4, -0.2) is 17.7 Å². The second-order valence-electron chi connectivity index (χ2n) is 3.78. The quantitative estimate of drug-likeness (QED) is 0.826. The number of rotatable bonds is 3. The molecule has 0 radical (unpaired) electrons. The van der Waals surface area contributed by atoms with Crippen molar-refractivity contribution in [2.24, 2.45) is 0 Å². The summed E-state index contributed by atoms with van der Waals surface area (Å²) in [4.78, 5) is 12.4. The average Bonchev–Trinajstić information content (AvgIpc) is 2.11. The van der Waals surface area contributed by atoms with E-state index in [4.69, 9.17) is 5.11 Å². The highest BCUT2D eigenvalue weighted by Crippen LogP contribution is 2.19. The lowest BCUT2D eigenvalue weighted by Crippen LogP contribution is -2.29. The molecule has 0 aliphatic heterocycles. The van der Waals surface area contributed by atoms with Gasteiger partial charge in [0.1, 0.15) is 0 Å². The van der Waals surface area contributed by atoms with Crippen molar-refractivity contribution in [2.75, 3.05) is 11.4 Å². The molecule has 0 saturated heterocycles. The smallest absolute Gasteiger partial charge is 0.411 e. The van der Waals surface area contributed by atoms with Gasteiger partial charge in [-0.25, -0.2) is 4.79 Å². The van der Waals surface area contributed by atoms with Crippen LogP contribution >= 0.6 is 0 Å². The number of amides is 1. The second kappa shape index (κ2) is 4.82. The van der Waals surface area contributed by atoms with Crippen LogP contribution in [0.4, 0.5) is 10.5 Å². The summed E-state index contributed by atoms with van der Waals surface area (Å²) in [5, 5.41) is 9.07. The van der Waals surface area contributed by atoms with E-state index in [0.29, 0.717) is 6.54 Å². The van der Waals surface area contributed by atoms with Crippen LogP contribution in [0.5, 0.6) is 0 Å². The van der Waals surface area contributed by atoms with Gasteiger partial charge in [0.2, 0.25) is 0 Å². The Morgan fingerprint density at radius 1 is 1.27 bits per heavy atom. The molecular formula is C12H17NO2. The Morgan fingerprint density at radius 2 is 1.80 bits per heavy atom. The minimum absolute atomic E-state index is 0.540. The van der Waals surface area contributed by atoms with E-state index in [-0.39, 0.29) is 0 Å². The zero-order valence-electron chi connectivity index (χ0n) is 9.45. The molecule has 0 bridgehead atoms. The molecule has 1 N–H and O–H groups in total. The SMILES string of the molecule is CCCN(C(=O)O)c1cc(C)cc(C)c1. The standard InChI is InChI=1S/C12H17NO2/c1-4-5-13(12(14)15)11-7-9(2)6-10(3)8-11/h6-8H,4-5H2,1-3H3,(H,14,15). The molecule has 82 valence electrons. The summed E-state index contributed by atoms with van der Waals surface area (Å²) in [6, 6.07) is 5.84.